The van der Waals surface area contributed by atoms with Crippen LogP contribution in [-0.4, -0.2) is 20.7 Å². The highest BCUT2D eigenvalue weighted by molar-refractivity contribution is 7.92. The minimum Gasteiger partial charge on any atom is -0.334 e. The van der Waals surface area contributed by atoms with Gasteiger partial charge in [-0.3, -0.25) is 4.72 Å². The van der Waals surface area contributed by atoms with Gasteiger partial charge in [0.2, 0.25) is 10.0 Å². The van der Waals surface area contributed by atoms with E-state index >= 15 is 0 Å². The van der Waals surface area contributed by atoms with Crippen LogP contribution in [-0.2, 0) is 16.6 Å². The van der Waals surface area contributed by atoms with Crippen LogP contribution >= 0.6 is 0 Å². The number of rotatable bonds is 5. The summed E-state index contributed by atoms with van der Waals surface area (Å²) in [4.78, 5) is 12.0. The third-order valence-electron chi connectivity index (χ3n) is 3.49. The Morgan fingerprint density at radius 3 is 2.42 bits per heavy atom. The van der Waals surface area contributed by atoms with Gasteiger partial charge in [-0.05, 0) is 42.7 Å². The third kappa shape index (κ3) is 5.27. The second-order valence-corrected chi connectivity index (χ2v) is 7.39. The molecule has 6 nitrogen and oxygen atoms in total. The first-order valence-electron chi connectivity index (χ1n) is 7.42. The first kappa shape index (κ1) is 17.8. The number of benzene rings is 2. The SMILES string of the molecule is Cc1ccccc1CNC(=O)Nc1ccc(C)c(NS(C)(=O)=O)c1. The number of nitrogens with one attached hydrogen (secondary N) is 3. The molecule has 0 saturated heterocycles. The lowest BCUT2D eigenvalue weighted by atomic mass is 10.1. The number of amides is 2. The third-order valence-corrected chi connectivity index (χ3v) is 4.08. The van der Waals surface area contributed by atoms with Crippen molar-refractivity contribution in [3.63, 3.8) is 0 Å². The molecule has 2 amide bonds. The zero-order valence-electron chi connectivity index (χ0n) is 13.9. The molecule has 0 saturated carbocycles. The van der Waals surface area contributed by atoms with Crippen LogP contribution in [0.1, 0.15) is 16.7 Å². The topological polar surface area (TPSA) is 87.3 Å². The van der Waals surface area contributed by atoms with Gasteiger partial charge < -0.3 is 10.6 Å². The molecule has 0 fully saturated rings. The summed E-state index contributed by atoms with van der Waals surface area (Å²) in [5, 5.41) is 5.48. The van der Waals surface area contributed by atoms with Crippen molar-refractivity contribution in [3.8, 4) is 0 Å². The number of carbonyl (C=O) groups excluding carboxylic acids is 1. The van der Waals surface area contributed by atoms with E-state index in [-0.39, 0.29) is 6.03 Å². The summed E-state index contributed by atoms with van der Waals surface area (Å²) in [6, 6.07) is 12.5. The largest absolute Gasteiger partial charge is 0.334 e. The Bertz CT molecular complexity index is 848. The second-order valence-electron chi connectivity index (χ2n) is 5.64. The predicted molar refractivity (Wildman–Crippen MR) is 96.7 cm³/mol. The lowest BCUT2D eigenvalue weighted by Gasteiger charge is -2.12. The Morgan fingerprint density at radius 1 is 1.04 bits per heavy atom. The molecule has 0 aliphatic rings. The Hall–Kier alpha value is -2.54. The lowest BCUT2D eigenvalue weighted by molar-refractivity contribution is 0.251. The van der Waals surface area contributed by atoms with Gasteiger partial charge in [0.05, 0.1) is 11.9 Å². The molecule has 0 heterocycles. The maximum Gasteiger partial charge on any atom is 0.319 e. The Kier molecular flexibility index (Phi) is 5.46. The van der Waals surface area contributed by atoms with E-state index in [1.165, 1.54) is 0 Å². The smallest absolute Gasteiger partial charge is 0.319 e. The molecule has 0 bridgehead atoms. The van der Waals surface area contributed by atoms with Crippen molar-refractivity contribution in [2.75, 3.05) is 16.3 Å². The van der Waals surface area contributed by atoms with E-state index in [4.69, 9.17) is 0 Å². The molecule has 7 heteroatoms. The van der Waals surface area contributed by atoms with E-state index in [0.29, 0.717) is 17.9 Å². The quantitative estimate of drug-likeness (QED) is 0.777. The van der Waals surface area contributed by atoms with Crippen molar-refractivity contribution in [3.05, 3.63) is 59.2 Å². The minimum atomic E-state index is -3.37. The number of anilines is 2. The molecule has 3 N–H and O–H groups in total. The Labute approximate surface area is 142 Å². The van der Waals surface area contributed by atoms with Gasteiger partial charge in [0, 0.05) is 12.2 Å². The van der Waals surface area contributed by atoms with Gasteiger partial charge in [-0.15, -0.1) is 0 Å². The van der Waals surface area contributed by atoms with Gasteiger partial charge in [-0.1, -0.05) is 30.3 Å². The zero-order chi connectivity index (χ0) is 17.7. The summed E-state index contributed by atoms with van der Waals surface area (Å²) in [7, 11) is -3.37. The normalized spacial score (nSPS) is 11.0. The molecule has 0 aromatic heterocycles. The molecule has 2 rings (SSSR count). The van der Waals surface area contributed by atoms with Crippen LogP contribution in [0.15, 0.2) is 42.5 Å². The highest BCUT2D eigenvalue weighted by Crippen LogP contribution is 2.21. The number of hydrogen-bond donors (Lipinski definition) is 3. The molecule has 0 radical (unpaired) electrons. The van der Waals surface area contributed by atoms with Crippen molar-refractivity contribution >= 4 is 27.4 Å². The van der Waals surface area contributed by atoms with Gasteiger partial charge >= 0.3 is 6.03 Å². The van der Waals surface area contributed by atoms with Crippen LogP contribution in [0, 0.1) is 13.8 Å². The summed E-state index contributed by atoms with van der Waals surface area (Å²) in [6.45, 7) is 4.19. The van der Waals surface area contributed by atoms with Gasteiger partial charge in [-0.25, -0.2) is 13.2 Å². The van der Waals surface area contributed by atoms with Gasteiger partial charge in [0.15, 0.2) is 0 Å². The van der Waals surface area contributed by atoms with Crippen LogP contribution in [0.3, 0.4) is 0 Å². The zero-order valence-corrected chi connectivity index (χ0v) is 14.7. The average Bonchev–Trinajstić information content (AvgIpc) is 2.48. The molecule has 0 aliphatic carbocycles. The minimum absolute atomic E-state index is 0.354. The monoisotopic (exact) mass is 347 g/mol. The number of hydrogen-bond acceptors (Lipinski definition) is 3. The summed E-state index contributed by atoms with van der Waals surface area (Å²) >= 11 is 0. The number of aryl methyl sites for hydroxylation is 2. The molecule has 128 valence electrons. The van der Waals surface area contributed by atoms with Gasteiger partial charge in [-0.2, -0.15) is 0 Å². The van der Waals surface area contributed by atoms with Crippen LogP contribution < -0.4 is 15.4 Å². The number of carbonyl (C=O) groups is 1. The fourth-order valence-electron chi connectivity index (χ4n) is 2.17. The summed E-state index contributed by atoms with van der Waals surface area (Å²) in [5.41, 5.74) is 3.86. The molecule has 0 unspecified atom stereocenters. The fraction of sp³-hybridized carbons (Fsp3) is 0.235. The van der Waals surface area contributed by atoms with Gasteiger partial charge in [0.1, 0.15) is 0 Å². The van der Waals surface area contributed by atoms with Crippen LogP contribution in [0.4, 0.5) is 16.2 Å². The molecule has 24 heavy (non-hydrogen) atoms. The van der Waals surface area contributed by atoms with Crippen molar-refractivity contribution in [2.45, 2.75) is 20.4 Å². The lowest BCUT2D eigenvalue weighted by Crippen LogP contribution is -2.28. The van der Waals surface area contributed by atoms with Crippen molar-refractivity contribution in [1.29, 1.82) is 0 Å². The molecular weight excluding hydrogens is 326 g/mol. The fourth-order valence-corrected chi connectivity index (χ4v) is 2.79. The standard InChI is InChI=1S/C17H21N3O3S/c1-12-6-4-5-7-14(12)11-18-17(21)19-15-9-8-13(2)16(10-15)20-24(3,22)23/h4-10,20H,11H2,1-3H3,(H2,18,19,21). The molecular formula is C17H21N3O3S. The van der Waals surface area contributed by atoms with E-state index < -0.39 is 10.0 Å². The molecule has 0 atom stereocenters. The molecule has 0 spiro atoms. The average molecular weight is 347 g/mol. The van der Waals surface area contributed by atoms with Crippen LogP contribution in [0.25, 0.3) is 0 Å². The van der Waals surface area contributed by atoms with Crippen LogP contribution in [0.2, 0.25) is 0 Å². The van der Waals surface area contributed by atoms with Crippen molar-refractivity contribution in [2.24, 2.45) is 0 Å². The summed E-state index contributed by atoms with van der Waals surface area (Å²) in [6.07, 6.45) is 1.08. The van der Waals surface area contributed by atoms with Gasteiger partial charge in [0.25, 0.3) is 0 Å². The van der Waals surface area contributed by atoms with Crippen LogP contribution in [0.5, 0.6) is 0 Å². The second kappa shape index (κ2) is 7.35. The maximum absolute atomic E-state index is 12.0. The van der Waals surface area contributed by atoms with E-state index in [9.17, 15) is 13.2 Å². The Balaban J connectivity index is 2.01. The number of urea groups is 1. The molecule has 2 aromatic rings. The molecule has 0 aliphatic heterocycles. The first-order valence-corrected chi connectivity index (χ1v) is 9.31. The van der Waals surface area contributed by atoms with E-state index in [1.807, 2.05) is 31.2 Å². The number of sulfonamides is 1. The van der Waals surface area contributed by atoms with Crippen molar-refractivity contribution < 1.29 is 13.2 Å². The highest BCUT2D eigenvalue weighted by atomic mass is 32.2. The predicted octanol–water partition coefficient (Wildman–Crippen LogP) is 3.00. The van der Waals surface area contributed by atoms with E-state index in [2.05, 4.69) is 15.4 Å². The summed E-state index contributed by atoms with van der Waals surface area (Å²) < 4.78 is 25.2. The van der Waals surface area contributed by atoms with E-state index in [1.54, 1.807) is 25.1 Å². The maximum atomic E-state index is 12.0. The van der Waals surface area contributed by atoms with E-state index in [0.717, 1.165) is 22.9 Å². The summed E-state index contributed by atoms with van der Waals surface area (Å²) in [5.74, 6) is 0. The first-order chi connectivity index (χ1) is 11.2. The Morgan fingerprint density at radius 2 is 1.75 bits per heavy atom. The molecule has 2 aromatic carbocycles. The van der Waals surface area contributed by atoms with Crippen molar-refractivity contribution in [1.82, 2.24) is 5.32 Å². The highest BCUT2D eigenvalue weighted by Gasteiger charge is 2.08.